The van der Waals surface area contributed by atoms with E-state index in [2.05, 4.69) is 30.9 Å². The van der Waals surface area contributed by atoms with Crippen molar-refractivity contribution in [2.75, 3.05) is 30.4 Å². The van der Waals surface area contributed by atoms with Gasteiger partial charge in [0.25, 0.3) is 0 Å². The first kappa shape index (κ1) is 35.7. The molecule has 0 aliphatic heterocycles. The molecule has 15 heteroatoms. The van der Waals surface area contributed by atoms with E-state index in [0.717, 1.165) is 5.56 Å². The number of carboxylic acid groups (broad SMARTS) is 1. The number of carboxylic acids is 1. The maximum Gasteiger partial charge on any atom is 0.422 e. The summed E-state index contributed by atoms with van der Waals surface area (Å²) in [6.07, 6.45) is -4.53. The van der Waals surface area contributed by atoms with Gasteiger partial charge < -0.3 is 35.3 Å². The summed E-state index contributed by atoms with van der Waals surface area (Å²) >= 11 is 0. The van der Waals surface area contributed by atoms with Gasteiger partial charge >= 0.3 is 24.2 Å². The standard InChI is InChI=1S/C31H39F3N6O6/c1-29(2,3)23-16-20(10-13-22(23)24(41)42)37-26-38-25(39-27(40-26)45-18-31(32,33)34)36-17-19-8-11-21(12-9-19)44-15-7-14-35-28(43)46-30(4,5)6/h8-13,16H,7,14-15,17-18H2,1-6H3,(H,35,43)(H,41,42)(H2,36,37,38,39,40). The van der Waals surface area contributed by atoms with Gasteiger partial charge in [0.05, 0.1) is 12.2 Å². The number of carbonyl (C=O) groups is 2. The van der Waals surface area contributed by atoms with E-state index in [9.17, 15) is 27.9 Å². The lowest BCUT2D eigenvalue weighted by Crippen LogP contribution is -2.33. The number of hydrogen-bond donors (Lipinski definition) is 4. The van der Waals surface area contributed by atoms with E-state index in [0.29, 0.717) is 36.6 Å². The molecule has 0 bridgehead atoms. The van der Waals surface area contributed by atoms with Crippen LogP contribution in [0.1, 0.15) is 69.4 Å². The Labute approximate surface area is 265 Å². The Morgan fingerprint density at radius 2 is 1.57 bits per heavy atom. The zero-order chi connectivity index (χ0) is 34.1. The van der Waals surface area contributed by atoms with Crippen molar-refractivity contribution in [3.8, 4) is 11.8 Å². The molecule has 0 fully saturated rings. The predicted molar refractivity (Wildman–Crippen MR) is 165 cm³/mol. The molecule has 250 valence electrons. The number of benzene rings is 2. The number of anilines is 3. The number of aromatic nitrogens is 3. The monoisotopic (exact) mass is 648 g/mol. The van der Waals surface area contributed by atoms with Gasteiger partial charge in [-0.1, -0.05) is 32.9 Å². The number of carbonyl (C=O) groups excluding carboxylic acids is 1. The first-order valence-corrected chi connectivity index (χ1v) is 14.4. The summed E-state index contributed by atoms with van der Waals surface area (Å²) in [6, 6.07) is 11.1. The summed E-state index contributed by atoms with van der Waals surface area (Å²) < 4.78 is 54.2. The van der Waals surface area contributed by atoms with E-state index >= 15 is 0 Å². The number of nitrogens with zero attached hydrogens (tertiary/aromatic N) is 3. The van der Waals surface area contributed by atoms with Crippen LogP contribution in [-0.2, 0) is 16.7 Å². The van der Waals surface area contributed by atoms with Crippen molar-refractivity contribution in [2.45, 2.75) is 71.7 Å². The van der Waals surface area contributed by atoms with E-state index < -0.39 is 41.9 Å². The van der Waals surface area contributed by atoms with E-state index in [-0.39, 0.29) is 24.0 Å². The highest BCUT2D eigenvalue weighted by atomic mass is 19.4. The highest BCUT2D eigenvalue weighted by Crippen LogP contribution is 2.30. The van der Waals surface area contributed by atoms with Gasteiger partial charge in [0.2, 0.25) is 11.9 Å². The van der Waals surface area contributed by atoms with Gasteiger partial charge in [0.1, 0.15) is 11.4 Å². The molecule has 4 N–H and O–H groups in total. The number of nitrogens with one attached hydrogen (secondary N) is 3. The van der Waals surface area contributed by atoms with Crippen molar-refractivity contribution in [1.82, 2.24) is 20.3 Å². The van der Waals surface area contributed by atoms with Crippen LogP contribution >= 0.6 is 0 Å². The van der Waals surface area contributed by atoms with E-state index in [1.54, 1.807) is 51.1 Å². The summed E-state index contributed by atoms with van der Waals surface area (Å²) in [5.74, 6) is -0.634. The summed E-state index contributed by atoms with van der Waals surface area (Å²) in [4.78, 5) is 35.6. The fourth-order valence-corrected chi connectivity index (χ4v) is 3.91. The van der Waals surface area contributed by atoms with E-state index in [1.165, 1.54) is 12.1 Å². The lowest BCUT2D eigenvalue weighted by atomic mass is 9.83. The molecule has 0 spiro atoms. The highest BCUT2D eigenvalue weighted by molar-refractivity contribution is 5.90. The average molecular weight is 649 g/mol. The number of hydrogen-bond acceptors (Lipinski definition) is 10. The van der Waals surface area contributed by atoms with Crippen LogP contribution in [0.2, 0.25) is 0 Å². The van der Waals surface area contributed by atoms with Crippen molar-refractivity contribution in [3.63, 3.8) is 0 Å². The normalized spacial score (nSPS) is 11.8. The van der Waals surface area contributed by atoms with E-state index in [1.807, 2.05) is 20.8 Å². The van der Waals surface area contributed by atoms with Crippen molar-refractivity contribution in [3.05, 3.63) is 59.2 Å². The molecular weight excluding hydrogens is 609 g/mol. The molecule has 0 saturated carbocycles. The first-order valence-electron chi connectivity index (χ1n) is 14.4. The summed E-state index contributed by atoms with van der Waals surface area (Å²) in [5, 5.41) is 18.1. The predicted octanol–water partition coefficient (Wildman–Crippen LogP) is 6.46. The number of rotatable bonds is 13. The quantitative estimate of drug-likeness (QED) is 0.151. The third-order valence-corrected chi connectivity index (χ3v) is 5.93. The van der Waals surface area contributed by atoms with Gasteiger partial charge in [-0.2, -0.15) is 28.1 Å². The molecular formula is C31H39F3N6O6. The molecule has 1 aromatic heterocycles. The van der Waals surface area contributed by atoms with Gasteiger partial charge in [-0.25, -0.2) is 9.59 Å². The Balaban J connectivity index is 1.65. The molecule has 0 saturated heterocycles. The van der Waals surface area contributed by atoms with Gasteiger partial charge in [0, 0.05) is 18.8 Å². The molecule has 0 unspecified atom stereocenters. The van der Waals surface area contributed by atoms with Gasteiger partial charge in [-0.3, -0.25) is 0 Å². The van der Waals surface area contributed by atoms with Gasteiger partial charge in [0.15, 0.2) is 6.61 Å². The number of ether oxygens (including phenoxy) is 3. The van der Waals surface area contributed by atoms with Gasteiger partial charge in [-0.15, -0.1) is 0 Å². The van der Waals surface area contributed by atoms with E-state index in [4.69, 9.17) is 14.2 Å². The summed E-state index contributed by atoms with van der Waals surface area (Å²) in [5.41, 5.74) is 0.790. The SMILES string of the molecule is CC(C)(C)OC(=O)NCCCOc1ccc(CNc2nc(Nc3ccc(C(=O)O)c(C(C)(C)C)c3)nc(OCC(F)(F)F)n2)cc1. The minimum atomic E-state index is -4.61. The van der Waals surface area contributed by atoms with Crippen molar-refractivity contribution in [1.29, 1.82) is 0 Å². The van der Waals surface area contributed by atoms with Crippen molar-refractivity contribution in [2.24, 2.45) is 0 Å². The zero-order valence-electron chi connectivity index (χ0n) is 26.5. The number of alkyl halides is 3. The highest BCUT2D eigenvalue weighted by Gasteiger charge is 2.29. The molecule has 1 amide bonds. The minimum absolute atomic E-state index is 0.0503. The third-order valence-electron chi connectivity index (χ3n) is 5.93. The van der Waals surface area contributed by atoms with Crippen molar-refractivity contribution >= 4 is 29.6 Å². The third kappa shape index (κ3) is 12.3. The van der Waals surface area contributed by atoms with Gasteiger partial charge in [-0.05, 0) is 74.1 Å². The van der Waals surface area contributed by atoms with Crippen LogP contribution in [0.5, 0.6) is 11.8 Å². The topological polar surface area (TPSA) is 157 Å². The molecule has 3 rings (SSSR count). The van der Waals surface area contributed by atoms with Crippen LogP contribution < -0.4 is 25.4 Å². The maximum atomic E-state index is 12.8. The zero-order valence-corrected chi connectivity index (χ0v) is 26.5. The lowest BCUT2D eigenvalue weighted by Gasteiger charge is -2.22. The number of aromatic carboxylic acids is 1. The van der Waals surface area contributed by atoms with Crippen LogP contribution in [-0.4, -0.2) is 63.7 Å². The Hall–Kier alpha value is -4.82. The van der Waals surface area contributed by atoms with Crippen LogP contribution in [0.25, 0.3) is 0 Å². The summed E-state index contributed by atoms with van der Waals surface area (Å²) in [6.45, 7) is 10.3. The molecule has 46 heavy (non-hydrogen) atoms. The number of amides is 1. The lowest BCUT2D eigenvalue weighted by molar-refractivity contribution is -0.154. The molecule has 0 atom stereocenters. The van der Waals surface area contributed by atoms with Crippen LogP contribution in [0.3, 0.4) is 0 Å². The fraction of sp³-hybridized carbons (Fsp3) is 0.452. The average Bonchev–Trinajstić information content (AvgIpc) is 2.93. The molecule has 0 radical (unpaired) electrons. The Morgan fingerprint density at radius 3 is 2.17 bits per heavy atom. The molecule has 2 aromatic carbocycles. The molecule has 0 aliphatic carbocycles. The second-order valence-electron chi connectivity index (χ2n) is 12.2. The van der Waals surface area contributed by atoms with Crippen LogP contribution in [0.4, 0.5) is 35.5 Å². The molecule has 12 nitrogen and oxygen atoms in total. The van der Waals surface area contributed by atoms with Crippen LogP contribution in [0, 0.1) is 0 Å². The van der Waals surface area contributed by atoms with Crippen molar-refractivity contribution < 1.29 is 42.1 Å². The Bertz CT molecular complexity index is 1490. The minimum Gasteiger partial charge on any atom is -0.494 e. The smallest absolute Gasteiger partial charge is 0.422 e. The summed E-state index contributed by atoms with van der Waals surface area (Å²) in [7, 11) is 0. The fourth-order valence-electron chi connectivity index (χ4n) is 3.91. The van der Waals surface area contributed by atoms with Crippen LogP contribution in [0.15, 0.2) is 42.5 Å². The first-order chi connectivity index (χ1) is 21.4. The molecule has 0 aliphatic rings. The number of halogens is 3. The second-order valence-corrected chi connectivity index (χ2v) is 12.2. The number of alkyl carbamates (subject to hydrolysis) is 1. The molecule has 1 heterocycles. The largest absolute Gasteiger partial charge is 0.494 e. The Morgan fingerprint density at radius 1 is 0.891 bits per heavy atom. The Kier molecular flexibility index (Phi) is 11.6. The second kappa shape index (κ2) is 15.0. The molecule has 3 aromatic rings. The maximum absolute atomic E-state index is 12.8.